The van der Waals surface area contributed by atoms with E-state index in [9.17, 15) is 9.18 Å². The van der Waals surface area contributed by atoms with Crippen LogP contribution in [0.5, 0.6) is 0 Å². The van der Waals surface area contributed by atoms with Crippen molar-refractivity contribution in [2.24, 2.45) is 0 Å². The van der Waals surface area contributed by atoms with Crippen LogP contribution in [0.4, 0.5) is 4.39 Å². The largest absolute Gasteiger partial charge is 0.478 e. The Morgan fingerprint density at radius 1 is 1.33 bits per heavy atom. The smallest absolute Gasteiger partial charge is 0.338 e. The van der Waals surface area contributed by atoms with Crippen molar-refractivity contribution in [3.05, 3.63) is 51.9 Å². The number of pyridine rings is 1. The lowest BCUT2D eigenvalue weighted by Gasteiger charge is -2.08. The molecule has 3 nitrogen and oxygen atoms in total. The van der Waals surface area contributed by atoms with Crippen molar-refractivity contribution in [1.82, 2.24) is 4.98 Å². The molecule has 1 heterocycles. The number of hydrogen-bond donors (Lipinski definition) is 1. The van der Waals surface area contributed by atoms with Gasteiger partial charge in [0.1, 0.15) is 5.82 Å². The molecule has 0 bridgehead atoms. The summed E-state index contributed by atoms with van der Waals surface area (Å²) in [5, 5.41) is 9.48. The Kier molecular flexibility index (Phi) is 3.50. The Bertz CT molecular complexity index is 631. The summed E-state index contributed by atoms with van der Waals surface area (Å²) in [7, 11) is 0. The highest BCUT2D eigenvalue weighted by Crippen LogP contribution is 2.34. The number of benzene rings is 1. The third-order valence-corrected chi connectivity index (χ3v) is 3.11. The van der Waals surface area contributed by atoms with Crippen LogP contribution in [-0.2, 0) is 0 Å². The van der Waals surface area contributed by atoms with Crippen molar-refractivity contribution in [2.75, 3.05) is 0 Å². The number of aromatic carboxylic acids is 1. The molecule has 0 amide bonds. The van der Waals surface area contributed by atoms with Gasteiger partial charge in [-0.3, -0.25) is 4.98 Å². The number of aromatic nitrogens is 1. The molecule has 0 fully saturated rings. The molecule has 1 N–H and O–H groups in total. The second-order valence-electron chi connectivity index (χ2n) is 3.46. The zero-order valence-corrected chi connectivity index (χ0v) is 10.3. The molecule has 0 aliphatic heterocycles. The fraction of sp³-hybridized carbons (Fsp3) is 0. The summed E-state index contributed by atoms with van der Waals surface area (Å²) in [5.41, 5.74) is 0.164. The standard InChI is InChI=1S/C12H6Cl2FNO2/c13-9-3-1-2-7(10(9)14)11-8(12(17)18)4-6(15)5-16-11/h1-5H,(H,17,18). The number of nitrogens with zero attached hydrogens (tertiary/aromatic N) is 1. The van der Waals surface area contributed by atoms with Gasteiger partial charge in [0, 0.05) is 5.56 Å². The van der Waals surface area contributed by atoms with E-state index >= 15 is 0 Å². The van der Waals surface area contributed by atoms with Crippen LogP contribution in [0, 0.1) is 5.82 Å². The first-order chi connectivity index (χ1) is 8.50. The third-order valence-electron chi connectivity index (χ3n) is 2.29. The second-order valence-corrected chi connectivity index (χ2v) is 4.24. The predicted molar refractivity (Wildman–Crippen MR) is 66.6 cm³/mol. The lowest BCUT2D eigenvalue weighted by Crippen LogP contribution is -2.03. The van der Waals surface area contributed by atoms with Gasteiger partial charge in [-0.1, -0.05) is 35.3 Å². The lowest BCUT2D eigenvalue weighted by molar-refractivity contribution is 0.0697. The van der Waals surface area contributed by atoms with Crippen LogP contribution in [0.15, 0.2) is 30.5 Å². The Morgan fingerprint density at radius 2 is 2.06 bits per heavy atom. The van der Waals surface area contributed by atoms with Gasteiger partial charge < -0.3 is 5.11 Å². The quantitative estimate of drug-likeness (QED) is 0.911. The van der Waals surface area contributed by atoms with Gasteiger partial charge in [0.2, 0.25) is 0 Å². The summed E-state index contributed by atoms with van der Waals surface area (Å²) < 4.78 is 13.0. The predicted octanol–water partition coefficient (Wildman–Crippen LogP) is 3.89. The number of carboxylic acids is 1. The fourth-order valence-electron chi connectivity index (χ4n) is 1.50. The summed E-state index contributed by atoms with van der Waals surface area (Å²) in [6.07, 6.45) is 0.930. The van der Waals surface area contributed by atoms with E-state index in [1.807, 2.05) is 0 Å². The highest BCUT2D eigenvalue weighted by molar-refractivity contribution is 6.43. The molecule has 2 aromatic rings. The summed E-state index contributed by atoms with van der Waals surface area (Å²) in [5.74, 6) is -2.01. The van der Waals surface area contributed by atoms with Crippen molar-refractivity contribution in [1.29, 1.82) is 0 Å². The first-order valence-electron chi connectivity index (χ1n) is 4.84. The number of carbonyl (C=O) groups is 1. The van der Waals surface area contributed by atoms with Crippen LogP contribution < -0.4 is 0 Å². The Morgan fingerprint density at radius 3 is 2.72 bits per heavy atom. The molecule has 0 atom stereocenters. The topological polar surface area (TPSA) is 50.2 Å². The van der Waals surface area contributed by atoms with E-state index in [-0.39, 0.29) is 21.3 Å². The highest BCUT2D eigenvalue weighted by Gasteiger charge is 2.17. The van der Waals surface area contributed by atoms with Gasteiger partial charge in [-0.2, -0.15) is 0 Å². The summed E-state index contributed by atoms with van der Waals surface area (Å²) in [6.45, 7) is 0. The van der Waals surface area contributed by atoms with E-state index in [0.717, 1.165) is 12.3 Å². The van der Waals surface area contributed by atoms with E-state index in [0.29, 0.717) is 5.56 Å². The molecule has 0 unspecified atom stereocenters. The third kappa shape index (κ3) is 2.30. The van der Waals surface area contributed by atoms with E-state index in [2.05, 4.69) is 4.98 Å². The SMILES string of the molecule is O=C(O)c1cc(F)cnc1-c1cccc(Cl)c1Cl. The van der Waals surface area contributed by atoms with Gasteiger partial charge >= 0.3 is 5.97 Å². The molecule has 1 aromatic heterocycles. The minimum atomic E-state index is -1.28. The van der Waals surface area contributed by atoms with Crippen LogP contribution in [0.25, 0.3) is 11.3 Å². The number of carboxylic acid groups (broad SMARTS) is 1. The van der Waals surface area contributed by atoms with Gasteiger partial charge in [0.05, 0.1) is 27.5 Å². The van der Waals surface area contributed by atoms with Gasteiger partial charge in [-0.05, 0) is 12.1 Å². The molecular weight excluding hydrogens is 280 g/mol. The van der Waals surface area contributed by atoms with Crippen LogP contribution in [0.1, 0.15) is 10.4 Å². The highest BCUT2D eigenvalue weighted by atomic mass is 35.5. The van der Waals surface area contributed by atoms with E-state index < -0.39 is 11.8 Å². The number of halogens is 3. The zero-order chi connectivity index (χ0) is 13.3. The molecule has 0 saturated heterocycles. The maximum absolute atomic E-state index is 13.0. The Labute approximate surface area is 112 Å². The molecule has 0 aliphatic rings. The molecule has 1 aromatic carbocycles. The molecule has 0 spiro atoms. The molecular formula is C12H6Cl2FNO2. The van der Waals surface area contributed by atoms with Crippen molar-refractivity contribution in [2.45, 2.75) is 0 Å². The maximum atomic E-state index is 13.0. The fourth-order valence-corrected chi connectivity index (χ4v) is 1.89. The van der Waals surface area contributed by atoms with Crippen molar-refractivity contribution in [3.63, 3.8) is 0 Å². The zero-order valence-electron chi connectivity index (χ0n) is 8.82. The van der Waals surface area contributed by atoms with E-state index in [1.165, 1.54) is 0 Å². The molecule has 0 saturated carbocycles. The van der Waals surface area contributed by atoms with Crippen LogP contribution >= 0.6 is 23.2 Å². The van der Waals surface area contributed by atoms with Gasteiger partial charge in [0.15, 0.2) is 0 Å². The monoisotopic (exact) mass is 285 g/mol. The van der Waals surface area contributed by atoms with Crippen LogP contribution in [0.2, 0.25) is 10.0 Å². The first kappa shape index (κ1) is 12.8. The summed E-state index contributed by atoms with van der Waals surface area (Å²) in [6, 6.07) is 5.64. The van der Waals surface area contributed by atoms with Crippen LogP contribution in [-0.4, -0.2) is 16.1 Å². The molecule has 0 radical (unpaired) electrons. The molecule has 6 heteroatoms. The first-order valence-corrected chi connectivity index (χ1v) is 5.59. The van der Waals surface area contributed by atoms with E-state index in [1.54, 1.807) is 18.2 Å². The number of hydrogen-bond acceptors (Lipinski definition) is 2. The van der Waals surface area contributed by atoms with Gasteiger partial charge in [-0.25, -0.2) is 9.18 Å². The molecule has 18 heavy (non-hydrogen) atoms. The van der Waals surface area contributed by atoms with Crippen molar-refractivity contribution >= 4 is 29.2 Å². The minimum absolute atomic E-state index is 0.0800. The molecule has 92 valence electrons. The summed E-state index contributed by atoms with van der Waals surface area (Å²) >= 11 is 11.8. The minimum Gasteiger partial charge on any atom is -0.478 e. The normalized spacial score (nSPS) is 10.4. The Balaban J connectivity index is 2.71. The summed E-state index contributed by atoms with van der Waals surface area (Å²) in [4.78, 5) is 14.8. The van der Waals surface area contributed by atoms with Crippen molar-refractivity contribution in [3.8, 4) is 11.3 Å². The lowest BCUT2D eigenvalue weighted by atomic mass is 10.1. The van der Waals surface area contributed by atoms with Crippen molar-refractivity contribution < 1.29 is 14.3 Å². The van der Waals surface area contributed by atoms with Gasteiger partial charge in [0.25, 0.3) is 0 Å². The molecule has 0 aliphatic carbocycles. The molecule has 2 rings (SSSR count). The van der Waals surface area contributed by atoms with Gasteiger partial charge in [-0.15, -0.1) is 0 Å². The average Bonchev–Trinajstić information content (AvgIpc) is 2.33. The Hall–Kier alpha value is -1.65. The average molecular weight is 286 g/mol. The van der Waals surface area contributed by atoms with E-state index in [4.69, 9.17) is 28.3 Å². The second kappa shape index (κ2) is 4.92. The number of rotatable bonds is 2. The maximum Gasteiger partial charge on any atom is 0.338 e. The van der Waals surface area contributed by atoms with Crippen LogP contribution in [0.3, 0.4) is 0 Å².